The maximum atomic E-state index is 11.3. The molecule has 0 radical (unpaired) electrons. The average Bonchev–Trinajstić information content (AvgIpc) is 2.20. The molecule has 0 unspecified atom stereocenters. The summed E-state index contributed by atoms with van der Waals surface area (Å²) < 4.78 is 5.23. The lowest BCUT2D eigenvalue weighted by Crippen LogP contribution is -2.02. The zero-order chi connectivity index (χ0) is 11.4. The normalized spacial score (nSPS) is 9.80. The number of rotatable bonds is 4. The van der Waals surface area contributed by atoms with Gasteiger partial charge in [0.1, 0.15) is 5.75 Å². The SMILES string of the molecule is CCOc1ccc(C=O)c(C(C)=O)c1Cl. The van der Waals surface area contributed by atoms with Crippen LogP contribution in [0, 0.1) is 0 Å². The van der Waals surface area contributed by atoms with Gasteiger partial charge in [-0.3, -0.25) is 9.59 Å². The highest BCUT2D eigenvalue weighted by Gasteiger charge is 2.15. The molecule has 0 saturated carbocycles. The summed E-state index contributed by atoms with van der Waals surface area (Å²) in [7, 11) is 0. The molecular formula is C11H11ClO3. The van der Waals surface area contributed by atoms with E-state index < -0.39 is 0 Å². The first-order valence-corrected chi connectivity index (χ1v) is 4.91. The van der Waals surface area contributed by atoms with Gasteiger partial charge in [-0.25, -0.2) is 0 Å². The summed E-state index contributed by atoms with van der Waals surface area (Å²) in [4.78, 5) is 22.0. The Labute approximate surface area is 93.0 Å². The molecule has 1 aromatic carbocycles. The van der Waals surface area contributed by atoms with Gasteiger partial charge in [0.2, 0.25) is 0 Å². The molecule has 0 amide bonds. The van der Waals surface area contributed by atoms with Crippen molar-refractivity contribution in [1.29, 1.82) is 0 Å². The Hall–Kier alpha value is -1.35. The number of carbonyl (C=O) groups is 2. The molecule has 80 valence electrons. The maximum absolute atomic E-state index is 11.3. The minimum absolute atomic E-state index is 0.203. The third-order valence-electron chi connectivity index (χ3n) is 1.92. The first-order chi connectivity index (χ1) is 7.11. The summed E-state index contributed by atoms with van der Waals surface area (Å²) in [5.74, 6) is 0.179. The van der Waals surface area contributed by atoms with Crippen LogP contribution >= 0.6 is 11.6 Å². The molecule has 4 heteroatoms. The van der Waals surface area contributed by atoms with Gasteiger partial charge in [-0.15, -0.1) is 0 Å². The second kappa shape index (κ2) is 4.94. The standard InChI is InChI=1S/C11H11ClO3/c1-3-15-9-5-4-8(6-13)10(7(2)14)11(9)12/h4-6H,3H2,1-2H3. The van der Waals surface area contributed by atoms with Crippen LogP contribution in [-0.4, -0.2) is 18.7 Å². The monoisotopic (exact) mass is 226 g/mol. The van der Waals surface area contributed by atoms with Gasteiger partial charge >= 0.3 is 0 Å². The van der Waals surface area contributed by atoms with E-state index >= 15 is 0 Å². The van der Waals surface area contributed by atoms with Gasteiger partial charge < -0.3 is 4.74 Å². The lowest BCUT2D eigenvalue weighted by atomic mass is 10.0. The maximum Gasteiger partial charge on any atom is 0.162 e. The van der Waals surface area contributed by atoms with E-state index in [1.807, 2.05) is 6.92 Å². The quantitative estimate of drug-likeness (QED) is 0.586. The summed E-state index contributed by atoms with van der Waals surface area (Å²) >= 11 is 5.96. The molecule has 0 atom stereocenters. The summed E-state index contributed by atoms with van der Waals surface area (Å²) in [5.41, 5.74) is 0.508. The average molecular weight is 227 g/mol. The molecule has 0 saturated heterocycles. The van der Waals surface area contributed by atoms with Crippen molar-refractivity contribution in [2.75, 3.05) is 6.61 Å². The molecule has 0 bridgehead atoms. The van der Waals surface area contributed by atoms with Gasteiger partial charge in [0.25, 0.3) is 0 Å². The smallest absolute Gasteiger partial charge is 0.162 e. The van der Waals surface area contributed by atoms with Crippen molar-refractivity contribution in [3.8, 4) is 5.75 Å². The van der Waals surface area contributed by atoms with E-state index in [2.05, 4.69) is 0 Å². The Balaban J connectivity index is 3.35. The highest BCUT2D eigenvalue weighted by molar-refractivity contribution is 6.36. The van der Waals surface area contributed by atoms with Gasteiger partial charge in [-0.05, 0) is 26.0 Å². The highest BCUT2D eigenvalue weighted by atomic mass is 35.5. The topological polar surface area (TPSA) is 43.4 Å². The molecule has 0 heterocycles. The number of hydrogen-bond acceptors (Lipinski definition) is 3. The minimum atomic E-state index is -0.247. The largest absolute Gasteiger partial charge is 0.492 e. The molecule has 3 nitrogen and oxygen atoms in total. The van der Waals surface area contributed by atoms with Gasteiger partial charge in [-0.1, -0.05) is 11.6 Å². The van der Waals surface area contributed by atoms with Crippen molar-refractivity contribution >= 4 is 23.7 Å². The molecule has 1 aromatic rings. The van der Waals surface area contributed by atoms with Crippen molar-refractivity contribution in [1.82, 2.24) is 0 Å². The van der Waals surface area contributed by atoms with Crippen molar-refractivity contribution in [3.63, 3.8) is 0 Å². The van der Waals surface area contributed by atoms with Crippen LogP contribution in [0.4, 0.5) is 0 Å². The number of carbonyl (C=O) groups excluding carboxylic acids is 2. The third-order valence-corrected chi connectivity index (χ3v) is 2.29. The van der Waals surface area contributed by atoms with Crippen LogP contribution in [-0.2, 0) is 0 Å². The molecule has 15 heavy (non-hydrogen) atoms. The Morgan fingerprint density at radius 3 is 2.67 bits per heavy atom. The van der Waals surface area contributed by atoms with E-state index in [4.69, 9.17) is 16.3 Å². The molecule has 0 aliphatic heterocycles. The fourth-order valence-corrected chi connectivity index (χ4v) is 1.65. The van der Waals surface area contributed by atoms with Crippen molar-refractivity contribution < 1.29 is 14.3 Å². The van der Waals surface area contributed by atoms with Crippen molar-refractivity contribution in [3.05, 3.63) is 28.3 Å². The number of aldehydes is 1. The van der Waals surface area contributed by atoms with E-state index in [-0.39, 0.29) is 21.9 Å². The number of Topliss-reactive ketones (excluding diaryl/α,β-unsaturated/α-hetero) is 1. The van der Waals surface area contributed by atoms with Gasteiger partial charge in [0.05, 0.1) is 17.2 Å². The van der Waals surface area contributed by atoms with Crippen molar-refractivity contribution in [2.24, 2.45) is 0 Å². The van der Waals surface area contributed by atoms with E-state index in [1.165, 1.54) is 13.0 Å². The van der Waals surface area contributed by atoms with E-state index in [0.29, 0.717) is 18.6 Å². The summed E-state index contributed by atoms with van der Waals surface area (Å²) in [6.45, 7) is 3.64. The van der Waals surface area contributed by atoms with E-state index in [9.17, 15) is 9.59 Å². The fourth-order valence-electron chi connectivity index (χ4n) is 1.29. The van der Waals surface area contributed by atoms with Gasteiger partial charge in [0.15, 0.2) is 12.1 Å². The van der Waals surface area contributed by atoms with Gasteiger partial charge in [0, 0.05) is 5.56 Å². The predicted octanol–water partition coefficient (Wildman–Crippen LogP) is 2.75. The number of benzene rings is 1. The lowest BCUT2D eigenvalue weighted by Gasteiger charge is -2.09. The molecule has 0 N–H and O–H groups in total. The predicted molar refractivity (Wildman–Crippen MR) is 58.0 cm³/mol. The number of halogens is 1. The Kier molecular flexibility index (Phi) is 3.86. The molecule has 0 spiro atoms. The molecule has 0 aromatic heterocycles. The Morgan fingerprint density at radius 1 is 1.53 bits per heavy atom. The van der Waals surface area contributed by atoms with Crippen LogP contribution in [0.15, 0.2) is 12.1 Å². The van der Waals surface area contributed by atoms with Crippen LogP contribution in [0.5, 0.6) is 5.75 Å². The first-order valence-electron chi connectivity index (χ1n) is 4.53. The Morgan fingerprint density at radius 2 is 2.20 bits per heavy atom. The van der Waals surface area contributed by atoms with Crippen LogP contribution in [0.1, 0.15) is 34.6 Å². The third kappa shape index (κ3) is 2.36. The molecule has 0 aliphatic carbocycles. The van der Waals surface area contributed by atoms with Crippen molar-refractivity contribution in [2.45, 2.75) is 13.8 Å². The zero-order valence-corrected chi connectivity index (χ0v) is 9.30. The Bertz CT molecular complexity index is 399. The second-order valence-corrected chi connectivity index (χ2v) is 3.33. The van der Waals surface area contributed by atoms with Crippen LogP contribution < -0.4 is 4.74 Å². The number of hydrogen-bond donors (Lipinski definition) is 0. The second-order valence-electron chi connectivity index (χ2n) is 2.95. The highest BCUT2D eigenvalue weighted by Crippen LogP contribution is 2.30. The number of ketones is 1. The molecular weight excluding hydrogens is 216 g/mol. The molecule has 0 fully saturated rings. The minimum Gasteiger partial charge on any atom is -0.492 e. The zero-order valence-electron chi connectivity index (χ0n) is 8.54. The van der Waals surface area contributed by atoms with E-state index in [0.717, 1.165) is 0 Å². The molecule has 1 rings (SSSR count). The van der Waals surface area contributed by atoms with Crippen LogP contribution in [0.2, 0.25) is 5.02 Å². The lowest BCUT2D eigenvalue weighted by molar-refractivity contribution is 0.100. The summed E-state index contributed by atoms with van der Waals surface area (Å²) in [6, 6.07) is 3.11. The summed E-state index contributed by atoms with van der Waals surface area (Å²) in [5, 5.41) is 0.203. The summed E-state index contributed by atoms with van der Waals surface area (Å²) in [6.07, 6.45) is 0.609. The van der Waals surface area contributed by atoms with Crippen LogP contribution in [0.25, 0.3) is 0 Å². The van der Waals surface area contributed by atoms with Gasteiger partial charge in [-0.2, -0.15) is 0 Å². The van der Waals surface area contributed by atoms with Crippen LogP contribution in [0.3, 0.4) is 0 Å². The molecule has 0 aliphatic rings. The number of ether oxygens (including phenoxy) is 1. The fraction of sp³-hybridized carbons (Fsp3) is 0.273. The van der Waals surface area contributed by atoms with E-state index in [1.54, 1.807) is 6.07 Å². The first kappa shape index (κ1) is 11.7.